The lowest BCUT2D eigenvalue weighted by Gasteiger charge is -2.14. The molecule has 30 heavy (non-hydrogen) atoms. The van der Waals surface area contributed by atoms with Crippen molar-refractivity contribution < 1.29 is 28.6 Å². The first-order valence-electron chi connectivity index (χ1n) is 9.28. The number of hydrogen-bond acceptors (Lipinski definition) is 6. The van der Waals surface area contributed by atoms with Gasteiger partial charge in [-0.15, -0.1) is 0 Å². The molecule has 3 rings (SSSR count). The van der Waals surface area contributed by atoms with Crippen molar-refractivity contribution in [3.63, 3.8) is 0 Å². The summed E-state index contributed by atoms with van der Waals surface area (Å²) < 4.78 is 15.4. The number of rotatable bonds is 9. The number of aldehydes is 1. The summed E-state index contributed by atoms with van der Waals surface area (Å²) in [4.78, 5) is 39.0. The van der Waals surface area contributed by atoms with Crippen LogP contribution in [0.3, 0.4) is 0 Å². The van der Waals surface area contributed by atoms with E-state index in [2.05, 4.69) is 10.3 Å². The molecule has 1 amide bonds. The van der Waals surface area contributed by atoms with Gasteiger partial charge in [-0.25, -0.2) is 4.79 Å². The number of nitrogens with one attached hydrogen (secondary N) is 2. The zero-order chi connectivity index (χ0) is 21.5. The van der Waals surface area contributed by atoms with Crippen LogP contribution in [0.2, 0.25) is 0 Å². The zero-order valence-corrected chi connectivity index (χ0v) is 16.7. The van der Waals surface area contributed by atoms with Crippen molar-refractivity contribution >= 4 is 29.1 Å². The van der Waals surface area contributed by atoms with Crippen molar-refractivity contribution in [2.45, 2.75) is 6.42 Å². The summed E-state index contributed by atoms with van der Waals surface area (Å²) in [7, 11) is 2.76. The minimum atomic E-state index is -0.848. The molecule has 8 nitrogen and oxygen atoms in total. The highest BCUT2D eigenvalue weighted by atomic mass is 16.5. The Bertz CT molecular complexity index is 1070. The van der Waals surface area contributed by atoms with E-state index in [-0.39, 0.29) is 22.6 Å². The van der Waals surface area contributed by atoms with Crippen molar-refractivity contribution in [1.29, 1.82) is 0 Å². The highest BCUT2D eigenvalue weighted by Crippen LogP contribution is 2.33. The second kappa shape index (κ2) is 9.60. The van der Waals surface area contributed by atoms with Crippen LogP contribution in [0.25, 0.3) is 10.9 Å². The van der Waals surface area contributed by atoms with E-state index in [0.717, 1.165) is 16.5 Å². The molecule has 2 aromatic carbocycles. The molecule has 8 heteroatoms. The number of fused-ring (bicyclic) bond motifs is 1. The van der Waals surface area contributed by atoms with E-state index < -0.39 is 18.5 Å². The molecule has 0 fully saturated rings. The number of benzene rings is 2. The predicted octanol–water partition coefficient (Wildman–Crippen LogP) is 2.51. The molecule has 1 heterocycles. The van der Waals surface area contributed by atoms with E-state index in [9.17, 15) is 14.4 Å². The first-order chi connectivity index (χ1) is 14.6. The summed E-state index contributed by atoms with van der Waals surface area (Å²) >= 11 is 0. The van der Waals surface area contributed by atoms with Gasteiger partial charge in [-0.1, -0.05) is 18.2 Å². The summed E-state index contributed by atoms with van der Waals surface area (Å²) in [6.07, 6.45) is 3.05. The van der Waals surface area contributed by atoms with Crippen LogP contribution in [0, 0.1) is 0 Å². The lowest BCUT2D eigenvalue weighted by molar-refractivity contribution is -0.124. The standard InChI is InChI=1S/C22H22N2O6/c1-28-18-8-7-15(12-25)20(21(18)29-2)22(27)30-13-19(26)23-10-9-14-11-24-17-6-4-3-5-16(14)17/h3-8,11-12,24H,9-10,13H2,1-2H3,(H,23,26). The highest BCUT2D eigenvalue weighted by molar-refractivity contribution is 6.02. The second-order valence-corrected chi connectivity index (χ2v) is 6.42. The number of H-pyrrole nitrogens is 1. The predicted molar refractivity (Wildman–Crippen MR) is 110 cm³/mol. The molecule has 0 aliphatic heterocycles. The topological polar surface area (TPSA) is 107 Å². The second-order valence-electron chi connectivity index (χ2n) is 6.42. The van der Waals surface area contributed by atoms with E-state index in [0.29, 0.717) is 19.3 Å². The van der Waals surface area contributed by atoms with Crippen molar-refractivity contribution in [3.05, 3.63) is 59.3 Å². The van der Waals surface area contributed by atoms with Crippen molar-refractivity contribution in [2.75, 3.05) is 27.4 Å². The molecule has 0 atom stereocenters. The maximum absolute atomic E-state index is 12.5. The third kappa shape index (κ3) is 4.43. The first-order valence-corrected chi connectivity index (χ1v) is 9.28. The molecule has 0 radical (unpaired) electrons. The Morgan fingerprint density at radius 2 is 1.90 bits per heavy atom. The average molecular weight is 410 g/mol. The summed E-state index contributed by atoms with van der Waals surface area (Å²) in [5.74, 6) is -0.942. The minimum absolute atomic E-state index is 0.0758. The molecule has 0 unspecified atom stereocenters. The fraction of sp³-hybridized carbons (Fsp3) is 0.227. The van der Waals surface area contributed by atoms with Crippen LogP contribution >= 0.6 is 0 Å². The molecule has 1 aromatic heterocycles. The Morgan fingerprint density at radius 1 is 1.10 bits per heavy atom. The monoisotopic (exact) mass is 410 g/mol. The van der Waals surface area contributed by atoms with Gasteiger partial charge in [0, 0.05) is 29.2 Å². The SMILES string of the molecule is COc1ccc(C=O)c(C(=O)OCC(=O)NCCc2c[nH]c3ccccc23)c1OC. The molecule has 0 aliphatic rings. The summed E-state index contributed by atoms with van der Waals surface area (Å²) in [6.45, 7) is -0.0916. The van der Waals surface area contributed by atoms with Crippen LogP contribution in [-0.2, 0) is 16.0 Å². The van der Waals surface area contributed by atoms with E-state index in [1.54, 1.807) is 0 Å². The van der Waals surface area contributed by atoms with Crippen LogP contribution in [0.1, 0.15) is 26.3 Å². The maximum atomic E-state index is 12.5. The summed E-state index contributed by atoms with van der Waals surface area (Å²) in [5, 5.41) is 3.82. The molecule has 0 aliphatic carbocycles. The Labute approximate surface area is 173 Å². The van der Waals surface area contributed by atoms with Crippen molar-refractivity contribution in [2.24, 2.45) is 0 Å². The number of carbonyl (C=O) groups excluding carboxylic acids is 3. The van der Waals surface area contributed by atoms with Crippen LogP contribution in [-0.4, -0.2) is 50.5 Å². The number of para-hydroxylation sites is 1. The van der Waals surface area contributed by atoms with Gasteiger partial charge in [0.1, 0.15) is 5.56 Å². The number of esters is 1. The quantitative estimate of drug-likeness (QED) is 0.415. The third-order valence-corrected chi connectivity index (χ3v) is 4.63. The zero-order valence-electron chi connectivity index (χ0n) is 16.7. The van der Waals surface area contributed by atoms with Gasteiger partial charge < -0.3 is 24.5 Å². The third-order valence-electron chi connectivity index (χ3n) is 4.63. The minimum Gasteiger partial charge on any atom is -0.493 e. The van der Waals surface area contributed by atoms with E-state index in [4.69, 9.17) is 14.2 Å². The van der Waals surface area contributed by atoms with E-state index in [1.165, 1.54) is 26.4 Å². The smallest absolute Gasteiger partial charge is 0.343 e. The van der Waals surface area contributed by atoms with Gasteiger partial charge in [0.15, 0.2) is 24.4 Å². The Morgan fingerprint density at radius 3 is 2.63 bits per heavy atom. The molecule has 0 saturated heterocycles. The normalized spacial score (nSPS) is 10.5. The highest BCUT2D eigenvalue weighted by Gasteiger charge is 2.23. The molecule has 3 aromatic rings. The van der Waals surface area contributed by atoms with Crippen molar-refractivity contribution in [3.8, 4) is 11.5 Å². The van der Waals surface area contributed by atoms with Crippen LogP contribution in [0.15, 0.2) is 42.6 Å². The first kappa shape index (κ1) is 20.9. The van der Waals surface area contributed by atoms with E-state index in [1.807, 2.05) is 30.5 Å². The summed E-state index contributed by atoms with van der Waals surface area (Å²) in [5.41, 5.74) is 2.11. The largest absolute Gasteiger partial charge is 0.493 e. The Balaban J connectivity index is 1.57. The number of methoxy groups -OCH3 is 2. The van der Waals surface area contributed by atoms with Gasteiger partial charge in [-0.2, -0.15) is 0 Å². The van der Waals surface area contributed by atoms with Gasteiger partial charge in [0.2, 0.25) is 0 Å². The Kier molecular flexibility index (Phi) is 6.69. The van der Waals surface area contributed by atoms with Gasteiger partial charge in [-0.05, 0) is 30.2 Å². The molecule has 0 bridgehead atoms. The fourth-order valence-electron chi connectivity index (χ4n) is 3.18. The fourth-order valence-corrected chi connectivity index (χ4v) is 3.18. The van der Waals surface area contributed by atoms with Crippen LogP contribution in [0.4, 0.5) is 0 Å². The van der Waals surface area contributed by atoms with Gasteiger partial charge in [0.05, 0.1) is 14.2 Å². The number of amides is 1. The molecule has 0 saturated carbocycles. The molecule has 0 spiro atoms. The van der Waals surface area contributed by atoms with Gasteiger partial charge >= 0.3 is 5.97 Å². The summed E-state index contributed by atoms with van der Waals surface area (Å²) in [6, 6.07) is 10.8. The number of carbonyl (C=O) groups is 3. The lowest BCUT2D eigenvalue weighted by Crippen LogP contribution is -2.30. The number of ether oxygens (including phenoxy) is 3. The molecular weight excluding hydrogens is 388 g/mol. The number of aromatic amines is 1. The van der Waals surface area contributed by atoms with Gasteiger partial charge in [-0.3, -0.25) is 9.59 Å². The number of hydrogen-bond donors (Lipinski definition) is 2. The van der Waals surface area contributed by atoms with Crippen molar-refractivity contribution in [1.82, 2.24) is 10.3 Å². The molecular formula is C22H22N2O6. The van der Waals surface area contributed by atoms with E-state index >= 15 is 0 Å². The lowest BCUT2D eigenvalue weighted by atomic mass is 10.1. The van der Waals surface area contributed by atoms with Crippen LogP contribution < -0.4 is 14.8 Å². The molecule has 2 N–H and O–H groups in total. The van der Waals surface area contributed by atoms with Crippen LogP contribution in [0.5, 0.6) is 11.5 Å². The Hall–Kier alpha value is -3.81. The van der Waals surface area contributed by atoms with Gasteiger partial charge in [0.25, 0.3) is 5.91 Å². The number of aromatic nitrogens is 1. The maximum Gasteiger partial charge on any atom is 0.343 e. The average Bonchev–Trinajstić information content (AvgIpc) is 3.19. The molecule has 156 valence electrons.